The Morgan fingerprint density at radius 3 is 2.75 bits per heavy atom. The number of imidazole rings is 1. The van der Waals surface area contributed by atoms with Crippen LogP contribution in [0.5, 0.6) is 0 Å². The maximum Gasteiger partial charge on any atom is 0.129 e. The number of hydrogen-bond donors (Lipinski definition) is 0. The van der Waals surface area contributed by atoms with Crippen molar-refractivity contribution in [2.45, 2.75) is 12.8 Å². The van der Waals surface area contributed by atoms with E-state index in [1.165, 1.54) is 5.56 Å². The van der Waals surface area contributed by atoms with Crippen molar-refractivity contribution in [3.8, 4) is 5.69 Å². The largest absolute Gasteiger partial charge is 0.294 e. The molecule has 0 radical (unpaired) electrons. The van der Waals surface area contributed by atoms with Crippen LogP contribution in [0, 0.1) is 6.92 Å². The van der Waals surface area contributed by atoms with Gasteiger partial charge in [0.15, 0.2) is 0 Å². The smallest absolute Gasteiger partial charge is 0.129 e. The summed E-state index contributed by atoms with van der Waals surface area (Å²) in [5, 5.41) is 0.666. The van der Waals surface area contributed by atoms with Gasteiger partial charge >= 0.3 is 0 Å². The van der Waals surface area contributed by atoms with Crippen molar-refractivity contribution in [1.82, 2.24) is 9.55 Å². The van der Waals surface area contributed by atoms with E-state index in [2.05, 4.69) is 27.0 Å². The van der Waals surface area contributed by atoms with Crippen molar-refractivity contribution < 1.29 is 0 Å². The molecule has 0 unspecified atom stereocenters. The number of alkyl halides is 1. The van der Waals surface area contributed by atoms with E-state index in [0.717, 1.165) is 27.0 Å². The Morgan fingerprint density at radius 1 is 1.20 bits per heavy atom. The molecule has 2 nitrogen and oxygen atoms in total. The quantitative estimate of drug-likeness (QED) is 0.546. The molecular formula is C15H11BrCl2N2. The highest BCUT2D eigenvalue weighted by Crippen LogP contribution is 2.30. The molecule has 0 amide bonds. The number of hydrogen-bond acceptors (Lipinski definition) is 1. The number of fused-ring (bicyclic) bond motifs is 1. The summed E-state index contributed by atoms with van der Waals surface area (Å²) in [5.74, 6) is 1.11. The summed E-state index contributed by atoms with van der Waals surface area (Å²) in [7, 11) is 0. The number of halogens is 3. The second kappa shape index (κ2) is 5.40. The molecule has 0 aliphatic carbocycles. The van der Waals surface area contributed by atoms with E-state index >= 15 is 0 Å². The molecule has 2 aromatic carbocycles. The highest BCUT2D eigenvalue weighted by Gasteiger charge is 2.14. The minimum atomic E-state index is 0.330. The summed E-state index contributed by atoms with van der Waals surface area (Å²) >= 11 is 15.9. The average molecular weight is 370 g/mol. The average Bonchev–Trinajstić information content (AvgIpc) is 2.78. The second-order valence-corrected chi connectivity index (χ2v) is 6.18. The van der Waals surface area contributed by atoms with Crippen LogP contribution in [-0.2, 0) is 5.88 Å². The Hall–Kier alpha value is -1.03. The molecule has 3 rings (SSSR count). The summed E-state index contributed by atoms with van der Waals surface area (Å²) in [6.45, 7) is 2.05. The van der Waals surface area contributed by atoms with Crippen LogP contribution in [0.25, 0.3) is 16.7 Å². The Labute approximate surface area is 135 Å². The van der Waals surface area contributed by atoms with Crippen molar-refractivity contribution >= 4 is 50.2 Å². The Bertz CT molecular complexity index is 796. The molecule has 0 aliphatic rings. The molecular weight excluding hydrogens is 359 g/mol. The molecule has 0 N–H and O–H groups in total. The van der Waals surface area contributed by atoms with Crippen molar-refractivity contribution in [1.29, 1.82) is 0 Å². The van der Waals surface area contributed by atoms with Gasteiger partial charge in [0.05, 0.1) is 27.6 Å². The molecule has 20 heavy (non-hydrogen) atoms. The number of aromatic nitrogens is 2. The van der Waals surface area contributed by atoms with Gasteiger partial charge in [0.1, 0.15) is 5.82 Å². The maximum atomic E-state index is 6.34. The zero-order valence-electron chi connectivity index (χ0n) is 10.7. The first-order valence-electron chi connectivity index (χ1n) is 6.09. The van der Waals surface area contributed by atoms with Gasteiger partial charge in [0.2, 0.25) is 0 Å². The molecule has 1 aromatic heterocycles. The molecule has 0 aliphatic heterocycles. The number of rotatable bonds is 2. The molecule has 0 saturated heterocycles. The topological polar surface area (TPSA) is 17.8 Å². The molecule has 102 valence electrons. The standard InChI is InChI=1S/C15H11BrCl2N2/c1-9-2-5-13-12(6-9)19-15(8-17)20(13)14-7-10(16)3-4-11(14)18/h2-7H,8H2,1H3. The molecule has 0 saturated carbocycles. The van der Waals surface area contributed by atoms with Crippen LogP contribution < -0.4 is 0 Å². The summed E-state index contributed by atoms with van der Waals surface area (Å²) in [5.41, 5.74) is 3.98. The summed E-state index contributed by atoms with van der Waals surface area (Å²) in [6, 6.07) is 11.9. The zero-order valence-corrected chi connectivity index (χ0v) is 13.8. The van der Waals surface area contributed by atoms with Gasteiger partial charge in [0.25, 0.3) is 0 Å². The minimum Gasteiger partial charge on any atom is -0.294 e. The monoisotopic (exact) mass is 368 g/mol. The van der Waals surface area contributed by atoms with Crippen molar-refractivity contribution in [3.63, 3.8) is 0 Å². The molecule has 0 fully saturated rings. The fraction of sp³-hybridized carbons (Fsp3) is 0.133. The number of benzene rings is 2. The van der Waals surface area contributed by atoms with Crippen LogP contribution in [-0.4, -0.2) is 9.55 Å². The Kier molecular flexibility index (Phi) is 3.76. The SMILES string of the molecule is Cc1ccc2c(c1)nc(CCl)n2-c1cc(Br)ccc1Cl. The maximum absolute atomic E-state index is 6.34. The van der Waals surface area contributed by atoms with Crippen LogP contribution >= 0.6 is 39.1 Å². The lowest BCUT2D eigenvalue weighted by atomic mass is 10.2. The molecule has 5 heteroatoms. The third-order valence-corrected chi connectivity index (χ3v) is 4.20. The van der Waals surface area contributed by atoms with Crippen LogP contribution in [0.4, 0.5) is 0 Å². The van der Waals surface area contributed by atoms with Crippen LogP contribution in [0.3, 0.4) is 0 Å². The fourth-order valence-electron chi connectivity index (χ4n) is 2.26. The van der Waals surface area contributed by atoms with E-state index in [-0.39, 0.29) is 0 Å². The van der Waals surface area contributed by atoms with E-state index in [0.29, 0.717) is 10.9 Å². The first kappa shape index (κ1) is 13.9. The second-order valence-electron chi connectivity index (χ2n) is 4.58. The van der Waals surface area contributed by atoms with Gasteiger partial charge in [-0.15, -0.1) is 11.6 Å². The molecule has 0 spiro atoms. The van der Waals surface area contributed by atoms with E-state index in [1.807, 2.05) is 41.8 Å². The zero-order chi connectivity index (χ0) is 14.3. The third kappa shape index (κ3) is 2.34. The van der Waals surface area contributed by atoms with Crippen molar-refractivity contribution in [2.24, 2.45) is 0 Å². The van der Waals surface area contributed by atoms with Gasteiger partial charge < -0.3 is 0 Å². The molecule has 0 bridgehead atoms. The van der Waals surface area contributed by atoms with Gasteiger partial charge in [-0.3, -0.25) is 4.57 Å². The molecule has 1 heterocycles. The van der Waals surface area contributed by atoms with Crippen molar-refractivity contribution in [2.75, 3.05) is 0 Å². The van der Waals surface area contributed by atoms with Gasteiger partial charge in [-0.05, 0) is 42.8 Å². The lowest BCUT2D eigenvalue weighted by molar-refractivity contribution is 0.981. The van der Waals surface area contributed by atoms with E-state index in [9.17, 15) is 0 Å². The Morgan fingerprint density at radius 2 is 2.00 bits per heavy atom. The van der Waals surface area contributed by atoms with Crippen molar-refractivity contribution in [3.05, 3.63) is 57.3 Å². The highest BCUT2D eigenvalue weighted by molar-refractivity contribution is 9.10. The number of nitrogens with zero attached hydrogens (tertiary/aromatic N) is 2. The van der Waals surface area contributed by atoms with E-state index in [4.69, 9.17) is 23.2 Å². The van der Waals surface area contributed by atoms with Crippen LogP contribution in [0.2, 0.25) is 5.02 Å². The lowest BCUT2D eigenvalue weighted by Gasteiger charge is -2.10. The Balaban J connectivity index is 2.37. The predicted octanol–water partition coefficient (Wildman–Crippen LogP) is 5.49. The van der Waals surface area contributed by atoms with Gasteiger partial charge in [-0.2, -0.15) is 0 Å². The minimum absolute atomic E-state index is 0.330. The predicted molar refractivity (Wildman–Crippen MR) is 88.1 cm³/mol. The summed E-state index contributed by atoms with van der Waals surface area (Å²) in [6.07, 6.45) is 0. The summed E-state index contributed by atoms with van der Waals surface area (Å²) < 4.78 is 2.97. The van der Waals surface area contributed by atoms with Gasteiger partial charge in [0, 0.05) is 4.47 Å². The van der Waals surface area contributed by atoms with Crippen LogP contribution in [0.15, 0.2) is 40.9 Å². The summed E-state index contributed by atoms with van der Waals surface area (Å²) in [4.78, 5) is 4.60. The lowest BCUT2D eigenvalue weighted by Crippen LogP contribution is -2.00. The fourth-order valence-corrected chi connectivity index (χ4v) is 2.99. The molecule has 0 atom stereocenters. The van der Waals surface area contributed by atoms with Gasteiger partial charge in [-0.1, -0.05) is 33.6 Å². The first-order valence-corrected chi connectivity index (χ1v) is 7.80. The highest BCUT2D eigenvalue weighted by atomic mass is 79.9. The van der Waals surface area contributed by atoms with E-state index < -0.39 is 0 Å². The first-order chi connectivity index (χ1) is 9.60. The van der Waals surface area contributed by atoms with E-state index in [1.54, 1.807) is 0 Å². The third-order valence-electron chi connectivity index (χ3n) is 3.15. The van der Waals surface area contributed by atoms with Gasteiger partial charge in [-0.25, -0.2) is 4.98 Å². The normalized spacial score (nSPS) is 11.2. The van der Waals surface area contributed by atoms with Crippen LogP contribution in [0.1, 0.15) is 11.4 Å². The molecule has 3 aromatic rings. The number of aryl methyl sites for hydroxylation is 1.